The average Bonchev–Trinajstić information content (AvgIpc) is 2.91. The Bertz CT molecular complexity index is 970. The molecular formula is C31H41FN2O. The lowest BCUT2D eigenvalue weighted by Gasteiger charge is -2.15. The van der Waals surface area contributed by atoms with Gasteiger partial charge in [-0.15, -0.1) is 0 Å². The minimum absolute atomic E-state index is 0.00578. The molecule has 3 rings (SSSR count). The van der Waals surface area contributed by atoms with Gasteiger partial charge in [0.1, 0.15) is 18.5 Å². The van der Waals surface area contributed by atoms with Gasteiger partial charge >= 0.3 is 0 Å². The summed E-state index contributed by atoms with van der Waals surface area (Å²) < 4.78 is 19.6. The number of benzene rings is 2. The normalized spacial score (nSPS) is 12.9. The van der Waals surface area contributed by atoms with Crippen molar-refractivity contribution < 1.29 is 9.13 Å². The average molecular weight is 477 g/mol. The molecule has 4 heteroatoms. The largest absolute Gasteiger partial charge is 0.491 e. The van der Waals surface area contributed by atoms with Gasteiger partial charge in [0.25, 0.3) is 0 Å². The van der Waals surface area contributed by atoms with Crippen molar-refractivity contribution in [2.45, 2.75) is 84.7 Å². The molecule has 0 radical (unpaired) electrons. The quantitative estimate of drug-likeness (QED) is 0.205. The molecule has 0 amide bonds. The Hall–Kier alpha value is -2.75. The Labute approximate surface area is 211 Å². The zero-order valence-electron chi connectivity index (χ0n) is 21.7. The number of nitrogens with zero attached hydrogens (tertiary/aromatic N) is 2. The molecule has 2 atom stereocenters. The van der Waals surface area contributed by atoms with Gasteiger partial charge in [0.2, 0.25) is 0 Å². The van der Waals surface area contributed by atoms with Crippen LogP contribution in [0.5, 0.6) is 5.75 Å². The molecule has 0 saturated carbocycles. The lowest BCUT2D eigenvalue weighted by molar-refractivity contribution is 0.145. The molecule has 188 valence electrons. The third-order valence-corrected chi connectivity index (χ3v) is 6.79. The maximum atomic E-state index is 14.0. The van der Waals surface area contributed by atoms with Crippen LogP contribution in [0, 0.1) is 5.92 Å². The van der Waals surface area contributed by atoms with Crippen LogP contribution in [0.2, 0.25) is 0 Å². The van der Waals surface area contributed by atoms with Gasteiger partial charge in [0.05, 0.1) is 0 Å². The van der Waals surface area contributed by atoms with Crippen molar-refractivity contribution >= 4 is 0 Å². The molecule has 0 spiro atoms. The van der Waals surface area contributed by atoms with Crippen LogP contribution in [0.1, 0.15) is 77.7 Å². The lowest BCUT2D eigenvalue weighted by atomic mass is 10.0. The number of rotatable bonds is 15. The van der Waals surface area contributed by atoms with E-state index in [0.717, 1.165) is 35.4 Å². The smallest absolute Gasteiger partial charge is 0.159 e. The monoisotopic (exact) mass is 476 g/mol. The van der Waals surface area contributed by atoms with Crippen LogP contribution in [0.15, 0.2) is 60.9 Å². The van der Waals surface area contributed by atoms with E-state index in [9.17, 15) is 4.39 Å². The van der Waals surface area contributed by atoms with Crippen LogP contribution >= 0.6 is 0 Å². The van der Waals surface area contributed by atoms with Crippen molar-refractivity contribution in [1.29, 1.82) is 0 Å². The second-order valence-corrected chi connectivity index (χ2v) is 9.60. The Morgan fingerprint density at radius 1 is 0.743 bits per heavy atom. The van der Waals surface area contributed by atoms with E-state index < -0.39 is 6.17 Å². The second-order valence-electron chi connectivity index (χ2n) is 9.60. The molecule has 35 heavy (non-hydrogen) atoms. The van der Waals surface area contributed by atoms with E-state index in [1.165, 1.54) is 50.5 Å². The van der Waals surface area contributed by atoms with E-state index in [1.807, 2.05) is 50.5 Å². The number of hydrogen-bond acceptors (Lipinski definition) is 3. The molecule has 0 aliphatic carbocycles. The fourth-order valence-electron chi connectivity index (χ4n) is 4.07. The first-order chi connectivity index (χ1) is 17.1. The van der Waals surface area contributed by atoms with Gasteiger partial charge < -0.3 is 4.74 Å². The van der Waals surface area contributed by atoms with Gasteiger partial charge in [-0.05, 0) is 42.0 Å². The van der Waals surface area contributed by atoms with Gasteiger partial charge in [-0.25, -0.2) is 14.4 Å². The highest BCUT2D eigenvalue weighted by atomic mass is 19.1. The molecule has 0 saturated heterocycles. The van der Waals surface area contributed by atoms with Crippen LogP contribution in [0.4, 0.5) is 4.39 Å². The number of unbranched alkanes of at least 4 members (excludes halogenated alkanes) is 6. The molecule has 0 fully saturated rings. The fourth-order valence-corrected chi connectivity index (χ4v) is 4.07. The SMILES string of the molecule is CCCCCCCCCc1ccc(-c2ncc(-c3ccc(OCC(F)C(C)CC)cc3)cn2)cc1. The van der Waals surface area contributed by atoms with Gasteiger partial charge in [-0.3, -0.25) is 0 Å². The highest BCUT2D eigenvalue weighted by Gasteiger charge is 2.15. The molecule has 0 aliphatic heterocycles. The summed E-state index contributed by atoms with van der Waals surface area (Å²) in [4.78, 5) is 9.17. The molecule has 2 aromatic carbocycles. The minimum Gasteiger partial charge on any atom is -0.491 e. The summed E-state index contributed by atoms with van der Waals surface area (Å²) in [5.74, 6) is 1.41. The molecule has 1 aromatic heterocycles. The molecule has 0 aliphatic rings. The van der Waals surface area contributed by atoms with Crippen molar-refractivity contribution in [3.05, 3.63) is 66.5 Å². The summed E-state index contributed by atoms with van der Waals surface area (Å²) in [6.45, 7) is 6.25. The molecule has 1 heterocycles. The van der Waals surface area contributed by atoms with Crippen molar-refractivity contribution in [2.24, 2.45) is 5.92 Å². The van der Waals surface area contributed by atoms with Crippen LogP contribution in [0.25, 0.3) is 22.5 Å². The number of aromatic nitrogens is 2. The third kappa shape index (κ3) is 8.76. The number of ether oxygens (including phenoxy) is 1. The third-order valence-electron chi connectivity index (χ3n) is 6.79. The molecule has 0 N–H and O–H groups in total. The molecule has 0 bridgehead atoms. The van der Waals surface area contributed by atoms with Crippen molar-refractivity contribution in [3.8, 4) is 28.3 Å². The van der Waals surface area contributed by atoms with E-state index in [1.54, 1.807) is 0 Å². The van der Waals surface area contributed by atoms with Crippen LogP contribution < -0.4 is 4.74 Å². The van der Waals surface area contributed by atoms with E-state index in [4.69, 9.17) is 4.74 Å². The maximum Gasteiger partial charge on any atom is 0.159 e. The standard InChI is InChI=1S/C31H41FN2O/c1-4-6-7-8-9-10-11-12-25-13-15-27(16-14-25)31-33-21-28(22-34-31)26-17-19-29(20-18-26)35-23-30(32)24(3)5-2/h13-22,24,30H,4-12,23H2,1-3H3. The van der Waals surface area contributed by atoms with Gasteiger partial charge in [-0.2, -0.15) is 0 Å². The zero-order chi connectivity index (χ0) is 24.9. The summed E-state index contributed by atoms with van der Waals surface area (Å²) in [6, 6.07) is 16.3. The first-order valence-electron chi connectivity index (χ1n) is 13.4. The Balaban J connectivity index is 1.48. The molecule has 3 aromatic rings. The predicted octanol–water partition coefficient (Wildman–Crippen LogP) is 8.87. The Kier molecular flexibility index (Phi) is 11.2. The summed E-state index contributed by atoms with van der Waals surface area (Å²) in [6.07, 6.45) is 14.1. The van der Waals surface area contributed by atoms with Crippen LogP contribution in [-0.2, 0) is 6.42 Å². The van der Waals surface area contributed by atoms with Crippen molar-refractivity contribution in [1.82, 2.24) is 9.97 Å². The summed E-state index contributed by atoms with van der Waals surface area (Å²) in [7, 11) is 0. The second kappa shape index (κ2) is 14.6. The first-order valence-corrected chi connectivity index (χ1v) is 13.4. The highest BCUT2D eigenvalue weighted by molar-refractivity contribution is 5.64. The van der Waals surface area contributed by atoms with Gasteiger partial charge in [-0.1, -0.05) is 102 Å². The minimum atomic E-state index is -0.949. The summed E-state index contributed by atoms with van der Waals surface area (Å²) in [5.41, 5.74) is 4.36. The topological polar surface area (TPSA) is 35.0 Å². The molecular weight excluding hydrogens is 435 g/mol. The number of alkyl halides is 1. The van der Waals surface area contributed by atoms with E-state index in [2.05, 4.69) is 41.2 Å². The maximum absolute atomic E-state index is 14.0. The van der Waals surface area contributed by atoms with E-state index in [-0.39, 0.29) is 12.5 Å². The Morgan fingerprint density at radius 3 is 1.97 bits per heavy atom. The van der Waals surface area contributed by atoms with Crippen LogP contribution in [0.3, 0.4) is 0 Å². The summed E-state index contributed by atoms with van der Waals surface area (Å²) in [5, 5.41) is 0. The van der Waals surface area contributed by atoms with Crippen molar-refractivity contribution in [2.75, 3.05) is 6.61 Å². The first kappa shape index (κ1) is 26.8. The molecule has 2 unspecified atom stereocenters. The number of hydrogen-bond donors (Lipinski definition) is 0. The molecule has 3 nitrogen and oxygen atoms in total. The van der Waals surface area contributed by atoms with Crippen LogP contribution in [-0.4, -0.2) is 22.7 Å². The van der Waals surface area contributed by atoms with E-state index in [0.29, 0.717) is 5.75 Å². The highest BCUT2D eigenvalue weighted by Crippen LogP contribution is 2.24. The van der Waals surface area contributed by atoms with E-state index >= 15 is 0 Å². The predicted molar refractivity (Wildman–Crippen MR) is 144 cm³/mol. The zero-order valence-corrected chi connectivity index (χ0v) is 21.7. The Morgan fingerprint density at radius 2 is 1.34 bits per heavy atom. The van der Waals surface area contributed by atoms with Gasteiger partial charge in [0.15, 0.2) is 5.82 Å². The fraction of sp³-hybridized carbons (Fsp3) is 0.484. The lowest BCUT2D eigenvalue weighted by Crippen LogP contribution is -2.20. The number of aryl methyl sites for hydroxylation is 1. The van der Waals surface area contributed by atoms with Crippen molar-refractivity contribution in [3.63, 3.8) is 0 Å². The summed E-state index contributed by atoms with van der Waals surface area (Å²) >= 11 is 0. The van der Waals surface area contributed by atoms with Gasteiger partial charge in [0, 0.05) is 23.5 Å². The number of halogens is 1.